The van der Waals surface area contributed by atoms with Gasteiger partial charge in [0.15, 0.2) is 12.4 Å². The average molecular weight is 491 g/mol. The lowest BCUT2D eigenvalue weighted by molar-refractivity contribution is -0.606. The maximum absolute atomic E-state index is 12.8. The Morgan fingerprint density at radius 1 is 1.09 bits per heavy atom. The van der Waals surface area contributed by atoms with Crippen LogP contribution in [0.25, 0.3) is 0 Å². The lowest BCUT2D eigenvalue weighted by atomic mass is 9.82. The van der Waals surface area contributed by atoms with Gasteiger partial charge in [-0.15, -0.1) is 0 Å². The van der Waals surface area contributed by atoms with Crippen molar-refractivity contribution in [1.82, 2.24) is 15.5 Å². The summed E-state index contributed by atoms with van der Waals surface area (Å²) in [6.07, 6.45) is 3.51. The molecule has 188 valence electrons. The van der Waals surface area contributed by atoms with Gasteiger partial charge in [0.05, 0.1) is 12.1 Å². The van der Waals surface area contributed by atoms with Crippen LogP contribution in [-0.2, 0) is 11.0 Å². The molecule has 2 aromatic rings. The standard InChI is InChI=1S/C25H29F3N4O3/c26-25(27,28)20-5-1-3-18(13-20)24(34)29-14-23(33)30-21-10-12-31(16-21)22-8-6-17(7-9-22)19-4-2-11-32(35)15-19/h1-5,11,13,15,17,21-22H,6-10,12,14,16H2,(H,29,34)(H,30,33)/t17?,21-,22?/m1/s1. The molecule has 1 aliphatic carbocycles. The zero-order valence-corrected chi connectivity index (χ0v) is 19.3. The van der Waals surface area contributed by atoms with Gasteiger partial charge in [0, 0.05) is 42.4 Å². The highest BCUT2D eigenvalue weighted by Gasteiger charge is 2.33. The van der Waals surface area contributed by atoms with Crippen LogP contribution in [0, 0.1) is 5.21 Å². The Morgan fingerprint density at radius 3 is 2.57 bits per heavy atom. The molecule has 2 fully saturated rings. The Morgan fingerprint density at radius 2 is 1.86 bits per heavy atom. The van der Waals surface area contributed by atoms with Gasteiger partial charge in [-0.1, -0.05) is 6.07 Å². The van der Waals surface area contributed by atoms with Crippen LogP contribution in [0.15, 0.2) is 48.8 Å². The minimum absolute atomic E-state index is 0.0285. The predicted octanol–water partition coefficient (Wildman–Crippen LogP) is 2.99. The first-order valence-electron chi connectivity index (χ1n) is 11.9. The molecule has 0 spiro atoms. The molecule has 2 aliphatic rings. The molecule has 0 radical (unpaired) electrons. The fraction of sp³-hybridized carbons (Fsp3) is 0.480. The number of rotatable bonds is 6. The molecule has 10 heteroatoms. The molecule has 1 aliphatic heterocycles. The maximum atomic E-state index is 12.8. The van der Waals surface area contributed by atoms with Crippen molar-refractivity contribution in [2.45, 2.75) is 56.3 Å². The number of pyridine rings is 1. The summed E-state index contributed by atoms with van der Waals surface area (Å²) >= 11 is 0. The number of nitrogens with zero attached hydrogens (tertiary/aromatic N) is 2. The molecular formula is C25H29F3N4O3. The van der Waals surface area contributed by atoms with Crippen LogP contribution in [0.3, 0.4) is 0 Å². The second-order valence-electron chi connectivity index (χ2n) is 9.31. The SMILES string of the molecule is O=C(CNC(=O)c1cccc(C(F)(F)F)c1)N[C@@H]1CCN(C2CCC(c3ccc[n+]([O-])c3)CC2)C1. The van der Waals surface area contributed by atoms with E-state index in [1.807, 2.05) is 6.07 Å². The van der Waals surface area contributed by atoms with E-state index in [4.69, 9.17) is 0 Å². The highest BCUT2D eigenvalue weighted by Crippen LogP contribution is 2.35. The van der Waals surface area contributed by atoms with E-state index in [2.05, 4.69) is 15.5 Å². The molecule has 0 unspecified atom stereocenters. The second-order valence-corrected chi connectivity index (χ2v) is 9.31. The number of amides is 2. The molecule has 2 amide bonds. The summed E-state index contributed by atoms with van der Waals surface area (Å²) in [6.45, 7) is 1.31. The van der Waals surface area contributed by atoms with Crippen LogP contribution < -0.4 is 15.4 Å². The summed E-state index contributed by atoms with van der Waals surface area (Å²) in [7, 11) is 0. The molecule has 1 saturated carbocycles. The van der Waals surface area contributed by atoms with Crippen molar-refractivity contribution in [3.05, 3.63) is 70.7 Å². The first-order chi connectivity index (χ1) is 16.7. The van der Waals surface area contributed by atoms with Gasteiger partial charge in [0.25, 0.3) is 5.91 Å². The van der Waals surface area contributed by atoms with Gasteiger partial charge in [-0.05, 0) is 62.3 Å². The van der Waals surface area contributed by atoms with Crippen LogP contribution in [-0.4, -0.2) is 48.4 Å². The fourth-order valence-electron chi connectivity index (χ4n) is 5.10. The number of halogens is 3. The van der Waals surface area contributed by atoms with E-state index in [0.29, 0.717) is 12.0 Å². The summed E-state index contributed by atoms with van der Waals surface area (Å²) in [5, 5.41) is 16.9. The van der Waals surface area contributed by atoms with Crippen LogP contribution in [0.5, 0.6) is 0 Å². The second kappa shape index (κ2) is 10.6. The third kappa shape index (κ3) is 6.50. The molecule has 2 heterocycles. The Kier molecular flexibility index (Phi) is 7.59. The Hall–Kier alpha value is -3.14. The normalized spacial score (nSPS) is 23.1. The summed E-state index contributed by atoms with van der Waals surface area (Å²) in [5.74, 6) is -0.695. The van der Waals surface area contributed by atoms with Crippen LogP contribution in [0.4, 0.5) is 13.2 Å². The molecule has 1 saturated heterocycles. The number of carbonyl (C=O) groups excluding carboxylic acids is 2. The molecule has 7 nitrogen and oxygen atoms in total. The molecule has 1 aromatic carbocycles. The first kappa shape index (κ1) is 25.0. The van der Waals surface area contributed by atoms with Gasteiger partial charge in [0.1, 0.15) is 0 Å². The number of aromatic nitrogens is 1. The third-order valence-electron chi connectivity index (χ3n) is 6.93. The van der Waals surface area contributed by atoms with E-state index in [1.165, 1.54) is 12.3 Å². The van der Waals surface area contributed by atoms with Crippen molar-refractivity contribution in [3.8, 4) is 0 Å². The van der Waals surface area contributed by atoms with Gasteiger partial charge in [-0.3, -0.25) is 14.5 Å². The van der Waals surface area contributed by atoms with Gasteiger partial charge in [0.2, 0.25) is 5.91 Å². The van der Waals surface area contributed by atoms with Crippen molar-refractivity contribution in [2.24, 2.45) is 0 Å². The van der Waals surface area contributed by atoms with Gasteiger partial charge >= 0.3 is 6.18 Å². The summed E-state index contributed by atoms with van der Waals surface area (Å²) in [6, 6.07) is 8.31. The van der Waals surface area contributed by atoms with E-state index in [-0.39, 0.29) is 24.1 Å². The molecule has 1 atom stereocenters. The number of benzene rings is 1. The van der Waals surface area contributed by atoms with Crippen LogP contribution in [0.1, 0.15) is 59.5 Å². The van der Waals surface area contributed by atoms with Gasteiger partial charge in [-0.25, -0.2) is 0 Å². The molecule has 35 heavy (non-hydrogen) atoms. The van der Waals surface area contributed by atoms with E-state index in [9.17, 15) is 28.0 Å². The Bertz CT molecular complexity index is 1050. The van der Waals surface area contributed by atoms with Crippen LogP contribution in [0.2, 0.25) is 0 Å². The van der Waals surface area contributed by atoms with Crippen molar-refractivity contribution < 1.29 is 27.5 Å². The van der Waals surface area contributed by atoms with Crippen molar-refractivity contribution in [1.29, 1.82) is 0 Å². The summed E-state index contributed by atoms with van der Waals surface area (Å²) in [4.78, 5) is 26.9. The van der Waals surface area contributed by atoms with Crippen molar-refractivity contribution >= 4 is 11.8 Å². The molecule has 2 N–H and O–H groups in total. The van der Waals surface area contributed by atoms with E-state index < -0.39 is 17.6 Å². The third-order valence-corrected chi connectivity index (χ3v) is 6.93. The molecular weight excluding hydrogens is 461 g/mol. The number of alkyl halides is 3. The lowest BCUT2D eigenvalue weighted by Gasteiger charge is -2.34. The predicted molar refractivity (Wildman–Crippen MR) is 122 cm³/mol. The highest BCUT2D eigenvalue weighted by atomic mass is 19.4. The highest BCUT2D eigenvalue weighted by molar-refractivity contribution is 5.96. The zero-order valence-electron chi connectivity index (χ0n) is 19.3. The number of hydrogen-bond acceptors (Lipinski definition) is 4. The molecule has 0 bridgehead atoms. The lowest BCUT2D eigenvalue weighted by Crippen LogP contribution is -2.44. The monoisotopic (exact) mass is 490 g/mol. The largest absolute Gasteiger partial charge is 0.619 e. The van der Waals surface area contributed by atoms with E-state index in [1.54, 1.807) is 12.3 Å². The Labute approximate surface area is 201 Å². The minimum Gasteiger partial charge on any atom is -0.619 e. The number of hydrogen-bond donors (Lipinski definition) is 2. The fourth-order valence-corrected chi connectivity index (χ4v) is 5.10. The topological polar surface area (TPSA) is 88.4 Å². The minimum atomic E-state index is -4.54. The van der Waals surface area contributed by atoms with E-state index >= 15 is 0 Å². The van der Waals surface area contributed by atoms with Gasteiger partial charge < -0.3 is 15.8 Å². The van der Waals surface area contributed by atoms with Crippen molar-refractivity contribution in [2.75, 3.05) is 19.6 Å². The van der Waals surface area contributed by atoms with Gasteiger partial charge in [-0.2, -0.15) is 17.9 Å². The zero-order chi connectivity index (χ0) is 25.0. The Balaban J connectivity index is 1.20. The number of carbonyl (C=O) groups is 2. The van der Waals surface area contributed by atoms with Crippen LogP contribution >= 0.6 is 0 Å². The number of likely N-dealkylation sites (tertiary alicyclic amines) is 1. The van der Waals surface area contributed by atoms with E-state index in [0.717, 1.165) is 73.7 Å². The van der Waals surface area contributed by atoms with Crippen molar-refractivity contribution in [3.63, 3.8) is 0 Å². The maximum Gasteiger partial charge on any atom is 0.416 e. The molecule has 4 rings (SSSR count). The first-order valence-corrected chi connectivity index (χ1v) is 11.9. The number of nitrogens with one attached hydrogen (secondary N) is 2. The quantitative estimate of drug-likeness (QED) is 0.482. The molecule has 1 aromatic heterocycles. The smallest absolute Gasteiger partial charge is 0.416 e. The summed E-state index contributed by atoms with van der Waals surface area (Å²) < 4.78 is 39.4. The summed E-state index contributed by atoms with van der Waals surface area (Å²) in [5.41, 5.74) is 0.0306. The average Bonchev–Trinajstić information content (AvgIpc) is 3.30.